The molecule has 1 fully saturated rings. The zero-order chi connectivity index (χ0) is 28.7. The molecule has 3 heterocycles. The van der Waals surface area contributed by atoms with E-state index < -0.39 is 11.3 Å². The molecule has 206 valence electrons. The van der Waals surface area contributed by atoms with Gasteiger partial charge in [-0.2, -0.15) is 5.10 Å². The summed E-state index contributed by atoms with van der Waals surface area (Å²) in [6.45, 7) is 2.35. The second-order valence-electron chi connectivity index (χ2n) is 10.5. The number of fused-ring (bicyclic) bond motifs is 1. The van der Waals surface area contributed by atoms with Crippen LogP contribution < -0.4 is 11.1 Å². The van der Waals surface area contributed by atoms with E-state index in [9.17, 15) is 14.4 Å². The van der Waals surface area contributed by atoms with Crippen LogP contribution in [0.5, 0.6) is 0 Å². The van der Waals surface area contributed by atoms with Crippen LogP contribution in [0.2, 0.25) is 0 Å². The van der Waals surface area contributed by atoms with Crippen molar-refractivity contribution in [2.24, 2.45) is 5.92 Å². The minimum Gasteiger partial charge on any atom is -0.368 e. The highest BCUT2D eigenvalue weighted by Crippen LogP contribution is 2.48. The molecule has 6 rings (SSSR count). The number of hydrogen-bond donors (Lipinski definition) is 3. The zero-order valence-electron chi connectivity index (χ0n) is 22.4. The first-order valence-electron chi connectivity index (χ1n) is 13.3. The standard InChI is InChI=1S/C30H28N8O3/c1-30(22-10-11-22,21-8-6-18(7-9-21)19-14-33-29(32)34-15-19)28(31)36-25(39)20-16-35-37(17-20)12-13-38-26(40)23-4-2-3-5-24(23)27(38)41/h2-9,14-17,22H,10-13H2,1H3,(H2,31,36,39)(H2,32,33,34)/t30-/m0/s1. The molecular formula is C30H28N8O3. The second kappa shape index (κ2) is 10.1. The monoisotopic (exact) mass is 548 g/mol. The molecule has 0 spiro atoms. The Morgan fingerprint density at radius 2 is 1.61 bits per heavy atom. The highest BCUT2D eigenvalue weighted by atomic mass is 16.2. The van der Waals surface area contributed by atoms with Gasteiger partial charge in [0, 0.05) is 30.7 Å². The Labute approximate surface area is 235 Å². The van der Waals surface area contributed by atoms with Crippen LogP contribution in [0, 0.1) is 11.3 Å². The number of benzene rings is 2. The lowest BCUT2D eigenvalue weighted by Crippen LogP contribution is -2.46. The van der Waals surface area contributed by atoms with Crippen molar-refractivity contribution in [1.29, 1.82) is 5.41 Å². The number of amidine groups is 1. The largest absolute Gasteiger partial charge is 0.368 e. The minimum absolute atomic E-state index is 0.118. The fourth-order valence-corrected chi connectivity index (χ4v) is 5.30. The Hall–Kier alpha value is -5.19. The molecule has 3 amide bonds. The van der Waals surface area contributed by atoms with Crippen LogP contribution in [0.1, 0.15) is 56.4 Å². The normalized spacial score (nSPS) is 15.9. The predicted molar refractivity (Wildman–Crippen MR) is 151 cm³/mol. The number of nitrogens with two attached hydrogens (primary N) is 1. The summed E-state index contributed by atoms with van der Waals surface area (Å²) in [4.78, 5) is 47.6. The highest BCUT2D eigenvalue weighted by molar-refractivity contribution is 6.21. The summed E-state index contributed by atoms with van der Waals surface area (Å²) in [7, 11) is 0. The fourth-order valence-electron chi connectivity index (χ4n) is 5.30. The first-order chi connectivity index (χ1) is 19.8. The van der Waals surface area contributed by atoms with Crippen molar-refractivity contribution in [2.75, 3.05) is 12.3 Å². The molecule has 11 nitrogen and oxygen atoms in total. The van der Waals surface area contributed by atoms with Crippen LogP contribution in [0.15, 0.2) is 73.3 Å². The smallest absolute Gasteiger partial charge is 0.261 e. The van der Waals surface area contributed by atoms with E-state index in [2.05, 4.69) is 20.4 Å². The third kappa shape index (κ3) is 4.75. The molecule has 0 saturated heterocycles. The average molecular weight is 549 g/mol. The Balaban J connectivity index is 1.12. The summed E-state index contributed by atoms with van der Waals surface area (Å²) >= 11 is 0. The molecule has 1 aliphatic heterocycles. The van der Waals surface area contributed by atoms with Crippen LogP contribution in [-0.2, 0) is 12.0 Å². The van der Waals surface area contributed by atoms with Gasteiger partial charge in [-0.15, -0.1) is 0 Å². The molecule has 2 aromatic carbocycles. The first kappa shape index (κ1) is 26.1. The molecule has 41 heavy (non-hydrogen) atoms. The van der Waals surface area contributed by atoms with Crippen LogP contribution in [-0.4, -0.2) is 54.8 Å². The van der Waals surface area contributed by atoms with E-state index in [1.54, 1.807) is 42.9 Å². The third-order valence-electron chi connectivity index (χ3n) is 7.97. The summed E-state index contributed by atoms with van der Waals surface area (Å²) in [5.41, 5.74) is 8.69. The molecule has 4 N–H and O–H groups in total. The number of carbonyl (C=O) groups is 3. The van der Waals surface area contributed by atoms with Crippen molar-refractivity contribution in [3.63, 3.8) is 0 Å². The molecule has 0 unspecified atom stereocenters. The van der Waals surface area contributed by atoms with Crippen molar-refractivity contribution >= 4 is 29.5 Å². The minimum atomic E-state index is -0.673. The van der Waals surface area contributed by atoms with Crippen molar-refractivity contribution in [1.82, 2.24) is 30.0 Å². The number of hydrogen-bond acceptors (Lipinski definition) is 8. The number of nitrogen functional groups attached to an aromatic ring is 1. The van der Waals surface area contributed by atoms with E-state index in [-0.39, 0.29) is 48.2 Å². The molecule has 2 aromatic heterocycles. The van der Waals surface area contributed by atoms with Gasteiger partial charge in [-0.1, -0.05) is 36.4 Å². The van der Waals surface area contributed by atoms with Crippen LogP contribution in [0.4, 0.5) is 5.95 Å². The van der Waals surface area contributed by atoms with Gasteiger partial charge in [0.15, 0.2) is 0 Å². The SMILES string of the molecule is C[C@](C(=N)NC(=O)c1cnn(CCN2C(=O)c3ccccc3C2=O)c1)(c1ccc(-c2cnc(N)nc2)cc1)C1CC1. The Kier molecular flexibility index (Phi) is 6.41. The Morgan fingerprint density at radius 3 is 2.22 bits per heavy atom. The highest BCUT2D eigenvalue weighted by Gasteiger charge is 2.46. The van der Waals surface area contributed by atoms with Crippen molar-refractivity contribution < 1.29 is 14.4 Å². The number of rotatable bonds is 8. The van der Waals surface area contributed by atoms with Crippen LogP contribution >= 0.6 is 0 Å². The maximum absolute atomic E-state index is 13.1. The number of aromatic nitrogens is 4. The average Bonchev–Trinajstić information content (AvgIpc) is 3.69. The summed E-state index contributed by atoms with van der Waals surface area (Å²) in [6.07, 6.45) is 8.25. The number of nitrogens with zero attached hydrogens (tertiary/aromatic N) is 5. The maximum Gasteiger partial charge on any atom is 0.261 e. The fraction of sp³-hybridized carbons (Fsp3) is 0.233. The Bertz CT molecular complexity index is 1640. The van der Waals surface area contributed by atoms with Gasteiger partial charge in [-0.3, -0.25) is 29.4 Å². The van der Waals surface area contributed by atoms with E-state index in [1.165, 1.54) is 15.8 Å². The van der Waals surface area contributed by atoms with E-state index >= 15 is 0 Å². The Morgan fingerprint density at radius 1 is 0.976 bits per heavy atom. The number of amides is 3. The predicted octanol–water partition coefficient (Wildman–Crippen LogP) is 3.29. The second-order valence-corrected chi connectivity index (χ2v) is 10.5. The first-order valence-corrected chi connectivity index (χ1v) is 13.3. The van der Waals surface area contributed by atoms with E-state index in [1.807, 2.05) is 31.2 Å². The van der Waals surface area contributed by atoms with Gasteiger partial charge in [0.1, 0.15) is 5.84 Å². The molecule has 1 atom stereocenters. The lowest BCUT2D eigenvalue weighted by atomic mass is 9.76. The molecule has 0 bridgehead atoms. The molecule has 1 aliphatic carbocycles. The lowest BCUT2D eigenvalue weighted by molar-refractivity contribution is 0.0647. The molecule has 2 aliphatic rings. The van der Waals surface area contributed by atoms with Crippen LogP contribution in [0.3, 0.4) is 0 Å². The van der Waals surface area contributed by atoms with E-state index in [0.29, 0.717) is 11.1 Å². The van der Waals surface area contributed by atoms with Crippen LogP contribution in [0.25, 0.3) is 11.1 Å². The quantitative estimate of drug-likeness (QED) is 0.173. The molecule has 0 radical (unpaired) electrons. The number of nitrogens with one attached hydrogen (secondary N) is 2. The number of anilines is 1. The van der Waals surface area contributed by atoms with Crippen molar-refractivity contribution in [3.05, 3.63) is 95.6 Å². The summed E-state index contributed by atoms with van der Waals surface area (Å²) in [5, 5.41) is 15.9. The van der Waals surface area contributed by atoms with Gasteiger partial charge < -0.3 is 11.1 Å². The van der Waals surface area contributed by atoms with Gasteiger partial charge in [-0.05, 0) is 48.9 Å². The summed E-state index contributed by atoms with van der Waals surface area (Å²) in [6, 6.07) is 14.6. The van der Waals surface area contributed by atoms with Gasteiger partial charge in [0.25, 0.3) is 17.7 Å². The van der Waals surface area contributed by atoms with Gasteiger partial charge in [-0.25, -0.2) is 9.97 Å². The van der Waals surface area contributed by atoms with Crippen molar-refractivity contribution in [3.8, 4) is 11.1 Å². The van der Waals surface area contributed by atoms with E-state index in [0.717, 1.165) is 29.5 Å². The van der Waals surface area contributed by atoms with Gasteiger partial charge in [0.2, 0.25) is 5.95 Å². The number of carbonyl (C=O) groups excluding carboxylic acids is 3. The van der Waals surface area contributed by atoms with Gasteiger partial charge in [0.05, 0.1) is 34.8 Å². The molecular weight excluding hydrogens is 520 g/mol. The topological polar surface area (TPSA) is 160 Å². The number of imide groups is 1. The summed E-state index contributed by atoms with van der Waals surface area (Å²) in [5.74, 6) is -0.541. The zero-order valence-corrected chi connectivity index (χ0v) is 22.4. The lowest BCUT2D eigenvalue weighted by Gasteiger charge is -2.31. The molecule has 11 heteroatoms. The van der Waals surface area contributed by atoms with E-state index in [4.69, 9.17) is 11.1 Å². The maximum atomic E-state index is 13.1. The molecule has 1 saturated carbocycles. The molecule has 4 aromatic rings. The summed E-state index contributed by atoms with van der Waals surface area (Å²) < 4.78 is 1.52. The van der Waals surface area contributed by atoms with Crippen molar-refractivity contribution in [2.45, 2.75) is 31.7 Å². The van der Waals surface area contributed by atoms with Gasteiger partial charge >= 0.3 is 0 Å². The third-order valence-corrected chi connectivity index (χ3v) is 7.97.